The van der Waals surface area contributed by atoms with Gasteiger partial charge in [-0.1, -0.05) is 18.2 Å². The van der Waals surface area contributed by atoms with Gasteiger partial charge in [-0.3, -0.25) is 14.8 Å². The van der Waals surface area contributed by atoms with E-state index < -0.39 is 0 Å². The van der Waals surface area contributed by atoms with E-state index in [4.69, 9.17) is 4.98 Å². The molecule has 0 bridgehead atoms. The van der Waals surface area contributed by atoms with Crippen LogP contribution in [0.5, 0.6) is 0 Å². The molecule has 0 saturated carbocycles. The van der Waals surface area contributed by atoms with Gasteiger partial charge in [-0.2, -0.15) is 0 Å². The van der Waals surface area contributed by atoms with Gasteiger partial charge in [0.15, 0.2) is 0 Å². The van der Waals surface area contributed by atoms with E-state index in [1.165, 1.54) is 6.42 Å². The van der Waals surface area contributed by atoms with Crippen LogP contribution in [0, 0.1) is 0 Å². The molecule has 124 valence electrons. The fraction of sp³-hybridized carbons (Fsp3) is 0.368. The molecule has 1 aliphatic heterocycles. The van der Waals surface area contributed by atoms with Crippen LogP contribution in [0.4, 0.5) is 0 Å². The third kappa shape index (κ3) is 3.63. The number of nitrogens with one attached hydrogen (secondary N) is 1. The van der Waals surface area contributed by atoms with Gasteiger partial charge in [-0.25, -0.2) is 4.98 Å². The fourth-order valence-electron chi connectivity index (χ4n) is 3.35. The largest absolute Gasteiger partial charge is 0.341 e. The van der Waals surface area contributed by atoms with E-state index in [0.717, 1.165) is 61.8 Å². The Kier molecular flexibility index (Phi) is 4.53. The number of benzene rings is 1. The molecular weight excluding hydrogens is 298 g/mol. The van der Waals surface area contributed by atoms with E-state index in [-0.39, 0.29) is 0 Å². The smallest absolute Gasteiger partial charge is 0.121 e. The molecule has 0 aliphatic carbocycles. The number of aromatic amines is 1. The molecule has 0 radical (unpaired) electrons. The van der Waals surface area contributed by atoms with E-state index in [0.29, 0.717) is 0 Å². The first-order valence-corrected chi connectivity index (χ1v) is 8.65. The summed E-state index contributed by atoms with van der Waals surface area (Å²) in [6, 6.07) is 14.4. The Labute approximate surface area is 142 Å². The van der Waals surface area contributed by atoms with Gasteiger partial charge in [0, 0.05) is 25.8 Å². The molecule has 0 unspecified atom stereocenters. The van der Waals surface area contributed by atoms with E-state index in [1.54, 1.807) is 0 Å². The van der Waals surface area contributed by atoms with Gasteiger partial charge in [0.1, 0.15) is 5.82 Å². The van der Waals surface area contributed by atoms with Crippen molar-refractivity contribution in [1.29, 1.82) is 0 Å². The predicted molar refractivity (Wildman–Crippen MR) is 95.5 cm³/mol. The van der Waals surface area contributed by atoms with Crippen molar-refractivity contribution in [1.82, 2.24) is 24.8 Å². The third-order valence-electron chi connectivity index (χ3n) is 4.60. The van der Waals surface area contributed by atoms with Gasteiger partial charge in [-0.15, -0.1) is 0 Å². The molecule has 5 heteroatoms. The van der Waals surface area contributed by atoms with E-state index in [1.807, 2.05) is 24.4 Å². The second-order valence-electron chi connectivity index (χ2n) is 6.43. The molecule has 3 aromatic rings. The molecule has 0 atom stereocenters. The summed E-state index contributed by atoms with van der Waals surface area (Å²) < 4.78 is 0. The van der Waals surface area contributed by atoms with Gasteiger partial charge in [0.2, 0.25) is 0 Å². The third-order valence-corrected chi connectivity index (χ3v) is 4.60. The van der Waals surface area contributed by atoms with Gasteiger partial charge in [-0.05, 0) is 43.8 Å². The number of aromatic nitrogens is 3. The van der Waals surface area contributed by atoms with Crippen LogP contribution < -0.4 is 0 Å². The van der Waals surface area contributed by atoms with Crippen LogP contribution in [-0.2, 0) is 13.1 Å². The Morgan fingerprint density at radius 1 is 0.875 bits per heavy atom. The monoisotopic (exact) mass is 321 g/mol. The zero-order valence-electron chi connectivity index (χ0n) is 13.9. The Balaban J connectivity index is 1.36. The van der Waals surface area contributed by atoms with Crippen LogP contribution in [0.3, 0.4) is 0 Å². The summed E-state index contributed by atoms with van der Waals surface area (Å²) in [6.45, 7) is 6.25. The molecule has 1 saturated heterocycles. The standard InChI is InChI=1S/C19H23N5/c1-2-8-18-17(7-1)21-19(22-18)15-24-11-5-10-23(12-13-24)14-16-6-3-4-9-20-16/h1-4,6-9H,5,10-15H2,(H,21,22). The average Bonchev–Trinajstić information content (AvgIpc) is 2.89. The predicted octanol–water partition coefficient (Wildman–Crippen LogP) is 2.67. The maximum atomic E-state index is 4.70. The highest BCUT2D eigenvalue weighted by atomic mass is 15.2. The molecule has 1 fully saturated rings. The lowest BCUT2D eigenvalue weighted by atomic mass is 10.3. The molecular formula is C19H23N5. The summed E-state index contributed by atoms with van der Waals surface area (Å²) in [7, 11) is 0. The molecule has 3 heterocycles. The number of nitrogens with zero attached hydrogens (tertiary/aromatic N) is 4. The first-order chi connectivity index (χ1) is 11.9. The van der Waals surface area contributed by atoms with Crippen LogP contribution in [0.25, 0.3) is 11.0 Å². The van der Waals surface area contributed by atoms with Crippen LogP contribution >= 0.6 is 0 Å². The lowest BCUT2D eigenvalue weighted by Crippen LogP contribution is -2.30. The number of hydrogen-bond donors (Lipinski definition) is 1. The Morgan fingerprint density at radius 2 is 1.67 bits per heavy atom. The van der Waals surface area contributed by atoms with Crippen molar-refractivity contribution >= 4 is 11.0 Å². The zero-order valence-corrected chi connectivity index (χ0v) is 13.9. The SMILES string of the molecule is c1ccc(CN2CCCN(Cc3nc4ccccc4[nH]3)CC2)nc1. The lowest BCUT2D eigenvalue weighted by Gasteiger charge is -2.20. The molecule has 2 aromatic heterocycles. The zero-order chi connectivity index (χ0) is 16.2. The first-order valence-electron chi connectivity index (χ1n) is 8.65. The Bertz CT molecular complexity index is 750. The quantitative estimate of drug-likeness (QED) is 0.802. The molecule has 24 heavy (non-hydrogen) atoms. The van der Waals surface area contributed by atoms with Gasteiger partial charge in [0.05, 0.1) is 23.3 Å². The Morgan fingerprint density at radius 3 is 2.46 bits per heavy atom. The first kappa shape index (κ1) is 15.3. The van der Waals surface area contributed by atoms with Crippen molar-refractivity contribution in [2.45, 2.75) is 19.5 Å². The number of H-pyrrole nitrogens is 1. The minimum Gasteiger partial charge on any atom is -0.341 e. The van der Waals surface area contributed by atoms with Gasteiger partial charge >= 0.3 is 0 Å². The minimum atomic E-state index is 0.895. The molecule has 1 N–H and O–H groups in total. The Hall–Kier alpha value is -2.24. The summed E-state index contributed by atoms with van der Waals surface area (Å²) in [6.07, 6.45) is 3.06. The number of pyridine rings is 1. The number of para-hydroxylation sites is 2. The van der Waals surface area contributed by atoms with Gasteiger partial charge < -0.3 is 4.98 Å². The summed E-state index contributed by atoms with van der Waals surface area (Å²) in [5.41, 5.74) is 3.33. The maximum absolute atomic E-state index is 4.70. The maximum Gasteiger partial charge on any atom is 0.121 e. The molecule has 4 rings (SSSR count). The van der Waals surface area contributed by atoms with Crippen molar-refractivity contribution in [2.24, 2.45) is 0 Å². The van der Waals surface area contributed by atoms with Crippen LogP contribution in [-0.4, -0.2) is 50.9 Å². The van der Waals surface area contributed by atoms with E-state index in [9.17, 15) is 0 Å². The van der Waals surface area contributed by atoms with Crippen molar-refractivity contribution in [3.8, 4) is 0 Å². The van der Waals surface area contributed by atoms with Crippen LogP contribution in [0.2, 0.25) is 0 Å². The highest BCUT2D eigenvalue weighted by molar-refractivity contribution is 5.74. The normalized spacial score (nSPS) is 17.2. The van der Waals surface area contributed by atoms with Crippen LogP contribution in [0.1, 0.15) is 17.9 Å². The number of hydrogen-bond acceptors (Lipinski definition) is 4. The van der Waals surface area contributed by atoms with E-state index in [2.05, 4.69) is 44.0 Å². The second kappa shape index (κ2) is 7.11. The minimum absolute atomic E-state index is 0.895. The van der Waals surface area contributed by atoms with Crippen molar-refractivity contribution in [3.05, 3.63) is 60.2 Å². The van der Waals surface area contributed by atoms with Gasteiger partial charge in [0.25, 0.3) is 0 Å². The summed E-state index contributed by atoms with van der Waals surface area (Å²) in [5, 5.41) is 0. The molecule has 0 spiro atoms. The average molecular weight is 321 g/mol. The highest BCUT2D eigenvalue weighted by Gasteiger charge is 2.16. The van der Waals surface area contributed by atoms with Crippen molar-refractivity contribution in [2.75, 3.05) is 26.2 Å². The second-order valence-corrected chi connectivity index (χ2v) is 6.43. The molecule has 1 aromatic carbocycles. The number of fused-ring (bicyclic) bond motifs is 1. The molecule has 0 amide bonds. The summed E-state index contributed by atoms with van der Waals surface area (Å²) in [5.74, 6) is 1.06. The van der Waals surface area contributed by atoms with Crippen molar-refractivity contribution in [3.63, 3.8) is 0 Å². The number of rotatable bonds is 4. The van der Waals surface area contributed by atoms with Crippen LogP contribution in [0.15, 0.2) is 48.7 Å². The van der Waals surface area contributed by atoms with Crippen molar-refractivity contribution < 1.29 is 0 Å². The molecule has 1 aliphatic rings. The summed E-state index contributed by atoms with van der Waals surface area (Å²) in [4.78, 5) is 17.6. The number of imidazole rings is 1. The topological polar surface area (TPSA) is 48.0 Å². The fourth-order valence-corrected chi connectivity index (χ4v) is 3.35. The summed E-state index contributed by atoms with van der Waals surface area (Å²) >= 11 is 0. The van der Waals surface area contributed by atoms with E-state index >= 15 is 0 Å². The highest BCUT2D eigenvalue weighted by Crippen LogP contribution is 2.13. The molecule has 5 nitrogen and oxygen atoms in total. The lowest BCUT2D eigenvalue weighted by molar-refractivity contribution is 0.243.